The Balaban J connectivity index is 1.66. The molecule has 10 heteroatoms. The van der Waals surface area contributed by atoms with Crippen molar-refractivity contribution in [2.45, 2.75) is 0 Å². The fourth-order valence-corrected chi connectivity index (χ4v) is 3.32. The van der Waals surface area contributed by atoms with Gasteiger partial charge in [-0.2, -0.15) is 5.10 Å². The van der Waals surface area contributed by atoms with Crippen LogP contribution >= 0.6 is 27.5 Å². The van der Waals surface area contributed by atoms with Crippen molar-refractivity contribution < 1.29 is 28.5 Å². The van der Waals surface area contributed by atoms with Gasteiger partial charge in [0.2, 0.25) is 0 Å². The third-order valence-corrected chi connectivity index (χ3v) is 5.19. The molecule has 0 unspecified atom stereocenters. The molecule has 0 radical (unpaired) electrons. The Morgan fingerprint density at radius 1 is 0.971 bits per heavy atom. The zero-order chi connectivity index (χ0) is 24.5. The quantitative estimate of drug-likeness (QED) is 0.178. The Morgan fingerprint density at radius 3 is 2.44 bits per heavy atom. The lowest BCUT2D eigenvalue weighted by Gasteiger charge is -2.11. The molecule has 0 saturated heterocycles. The molecule has 8 nitrogen and oxygen atoms in total. The van der Waals surface area contributed by atoms with E-state index in [1.54, 1.807) is 54.6 Å². The van der Waals surface area contributed by atoms with Gasteiger partial charge >= 0.3 is 5.97 Å². The molecule has 0 aliphatic rings. The molecule has 0 heterocycles. The maximum Gasteiger partial charge on any atom is 0.343 e. The second-order valence-corrected chi connectivity index (χ2v) is 7.98. The van der Waals surface area contributed by atoms with E-state index in [4.69, 9.17) is 30.5 Å². The highest BCUT2D eigenvalue weighted by atomic mass is 79.9. The van der Waals surface area contributed by atoms with Crippen LogP contribution in [0.25, 0.3) is 0 Å². The lowest BCUT2D eigenvalue weighted by Crippen LogP contribution is -2.24. The van der Waals surface area contributed by atoms with E-state index in [1.165, 1.54) is 26.5 Å². The van der Waals surface area contributed by atoms with Gasteiger partial charge < -0.3 is 18.9 Å². The number of nitrogens with one attached hydrogen (secondary N) is 1. The number of hydrazone groups is 1. The minimum Gasteiger partial charge on any atom is -0.493 e. The maximum atomic E-state index is 12.7. The number of carbonyl (C=O) groups is 2. The number of esters is 1. The molecular weight excluding hydrogens is 528 g/mol. The normalized spacial score (nSPS) is 10.6. The first-order chi connectivity index (χ1) is 16.4. The summed E-state index contributed by atoms with van der Waals surface area (Å²) in [6, 6.07) is 16.5. The monoisotopic (exact) mass is 546 g/mol. The van der Waals surface area contributed by atoms with E-state index in [-0.39, 0.29) is 17.9 Å². The van der Waals surface area contributed by atoms with Crippen LogP contribution in [0.5, 0.6) is 23.0 Å². The van der Waals surface area contributed by atoms with Crippen LogP contribution in [0.15, 0.2) is 70.2 Å². The van der Waals surface area contributed by atoms with Crippen molar-refractivity contribution in [3.05, 3.63) is 81.3 Å². The van der Waals surface area contributed by atoms with E-state index in [1.807, 2.05) is 0 Å². The van der Waals surface area contributed by atoms with E-state index >= 15 is 0 Å². The van der Waals surface area contributed by atoms with Crippen LogP contribution in [0, 0.1) is 0 Å². The average molecular weight is 548 g/mol. The van der Waals surface area contributed by atoms with E-state index in [9.17, 15) is 9.59 Å². The Bertz CT molecular complexity index is 1220. The van der Waals surface area contributed by atoms with Gasteiger partial charge in [-0.15, -0.1) is 0 Å². The lowest BCUT2D eigenvalue weighted by atomic mass is 10.2. The number of amides is 1. The number of hydrogen-bond acceptors (Lipinski definition) is 7. The van der Waals surface area contributed by atoms with Gasteiger partial charge in [-0.1, -0.05) is 39.7 Å². The molecule has 176 valence electrons. The molecule has 0 bridgehead atoms. The molecule has 0 atom stereocenters. The smallest absolute Gasteiger partial charge is 0.343 e. The first-order valence-electron chi connectivity index (χ1n) is 9.84. The van der Waals surface area contributed by atoms with Crippen molar-refractivity contribution in [1.29, 1.82) is 0 Å². The molecule has 0 fully saturated rings. The number of para-hydroxylation sites is 1. The molecule has 1 amide bonds. The zero-order valence-electron chi connectivity index (χ0n) is 18.2. The molecule has 0 spiro atoms. The molecule has 0 saturated carbocycles. The Labute approximate surface area is 209 Å². The SMILES string of the molecule is COc1ccc(C(=O)Oc2ccc(Br)cc2/C=N/NC(=O)COc2ccccc2Cl)cc1OC. The van der Waals surface area contributed by atoms with Gasteiger partial charge in [0, 0.05) is 10.0 Å². The van der Waals surface area contributed by atoms with E-state index in [0.29, 0.717) is 27.8 Å². The molecule has 34 heavy (non-hydrogen) atoms. The minimum atomic E-state index is -0.602. The van der Waals surface area contributed by atoms with Crippen molar-refractivity contribution in [1.82, 2.24) is 5.43 Å². The van der Waals surface area contributed by atoms with Crippen LogP contribution in [0.3, 0.4) is 0 Å². The number of halogens is 2. The molecule has 1 N–H and O–H groups in total. The molecule has 3 rings (SSSR count). The summed E-state index contributed by atoms with van der Waals surface area (Å²) in [5.74, 6) is 0.430. The van der Waals surface area contributed by atoms with Crippen LogP contribution in [-0.2, 0) is 4.79 Å². The topological polar surface area (TPSA) is 95.5 Å². The largest absolute Gasteiger partial charge is 0.493 e. The number of hydrogen-bond donors (Lipinski definition) is 1. The number of benzene rings is 3. The van der Waals surface area contributed by atoms with Crippen LogP contribution in [-0.4, -0.2) is 38.9 Å². The van der Waals surface area contributed by atoms with Crippen LogP contribution in [0.2, 0.25) is 5.02 Å². The number of carbonyl (C=O) groups excluding carboxylic acids is 2. The summed E-state index contributed by atoms with van der Waals surface area (Å²) in [5, 5.41) is 4.32. The first kappa shape index (κ1) is 25.1. The van der Waals surface area contributed by atoms with E-state index in [2.05, 4.69) is 26.5 Å². The highest BCUT2D eigenvalue weighted by Gasteiger charge is 2.15. The van der Waals surface area contributed by atoms with Gasteiger partial charge in [0.15, 0.2) is 18.1 Å². The van der Waals surface area contributed by atoms with Crippen LogP contribution < -0.4 is 24.4 Å². The third-order valence-electron chi connectivity index (χ3n) is 4.38. The van der Waals surface area contributed by atoms with Crippen molar-refractivity contribution in [3.63, 3.8) is 0 Å². The molecule has 3 aromatic rings. The van der Waals surface area contributed by atoms with Gasteiger partial charge in [-0.3, -0.25) is 4.79 Å². The number of nitrogens with zero attached hydrogens (tertiary/aromatic N) is 1. The highest BCUT2D eigenvalue weighted by Crippen LogP contribution is 2.29. The summed E-state index contributed by atoms with van der Waals surface area (Å²) in [6.07, 6.45) is 1.36. The van der Waals surface area contributed by atoms with E-state index in [0.717, 1.165) is 4.47 Å². The molecular formula is C24H20BrClN2O6. The number of ether oxygens (including phenoxy) is 4. The fourth-order valence-electron chi connectivity index (χ4n) is 2.75. The molecule has 3 aromatic carbocycles. The van der Waals surface area contributed by atoms with Crippen molar-refractivity contribution >= 4 is 45.6 Å². The minimum absolute atomic E-state index is 0.244. The van der Waals surface area contributed by atoms with Gasteiger partial charge in [0.25, 0.3) is 5.91 Å². The first-order valence-corrected chi connectivity index (χ1v) is 11.0. The Morgan fingerprint density at radius 2 is 1.71 bits per heavy atom. The van der Waals surface area contributed by atoms with Crippen LogP contribution in [0.1, 0.15) is 15.9 Å². The number of rotatable bonds is 9. The standard InChI is InChI=1S/C24H20BrClN2O6/c1-31-21-9-7-15(12-22(21)32-2)24(30)34-19-10-8-17(25)11-16(19)13-27-28-23(29)14-33-20-6-4-3-5-18(20)26/h3-13H,14H2,1-2H3,(H,28,29)/b27-13+. The second-order valence-electron chi connectivity index (χ2n) is 6.65. The zero-order valence-corrected chi connectivity index (χ0v) is 20.6. The highest BCUT2D eigenvalue weighted by molar-refractivity contribution is 9.10. The summed E-state index contributed by atoms with van der Waals surface area (Å²) in [5.41, 5.74) is 3.08. The Kier molecular flexibility index (Phi) is 8.89. The van der Waals surface area contributed by atoms with Crippen molar-refractivity contribution in [2.24, 2.45) is 5.10 Å². The second kappa shape index (κ2) is 12.1. The number of methoxy groups -OCH3 is 2. The summed E-state index contributed by atoms with van der Waals surface area (Å²) >= 11 is 9.36. The molecule has 0 aliphatic carbocycles. The van der Waals surface area contributed by atoms with Gasteiger partial charge in [-0.05, 0) is 48.5 Å². The van der Waals surface area contributed by atoms with Gasteiger partial charge in [-0.25, -0.2) is 10.2 Å². The predicted molar refractivity (Wildman–Crippen MR) is 131 cm³/mol. The average Bonchev–Trinajstić information content (AvgIpc) is 2.84. The van der Waals surface area contributed by atoms with Crippen molar-refractivity contribution in [2.75, 3.05) is 20.8 Å². The van der Waals surface area contributed by atoms with Crippen LogP contribution in [0.4, 0.5) is 0 Å². The summed E-state index contributed by atoms with van der Waals surface area (Å²) in [6.45, 7) is -0.277. The van der Waals surface area contributed by atoms with Crippen molar-refractivity contribution in [3.8, 4) is 23.0 Å². The van der Waals surface area contributed by atoms with E-state index < -0.39 is 11.9 Å². The van der Waals surface area contributed by atoms with Gasteiger partial charge in [0.05, 0.1) is 31.0 Å². The summed E-state index contributed by atoms with van der Waals surface area (Å²) < 4.78 is 22.0. The predicted octanol–water partition coefficient (Wildman–Crippen LogP) is 4.87. The molecule has 0 aromatic heterocycles. The molecule has 0 aliphatic heterocycles. The summed E-state index contributed by atoms with van der Waals surface area (Å²) in [4.78, 5) is 24.7. The Hall–Kier alpha value is -3.56. The maximum absolute atomic E-state index is 12.7. The third kappa shape index (κ3) is 6.72. The lowest BCUT2D eigenvalue weighted by molar-refractivity contribution is -0.123. The fraction of sp³-hybridized carbons (Fsp3) is 0.125. The summed E-state index contributed by atoms with van der Waals surface area (Å²) in [7, 11) is 2.98. The van der Waals surface area contributed by atoms with Gasteiger partial charge in [0.1, 0.15) is 11.5 Å².